The fourth-order valence-electron chi connectivity index (χ4n) is 2.47. The number of benzene rings is 1. The minimum Gasteiger partial charge on any atom is -0.493 e. The largest absolute Gasteiger partial charge is 0.493 e. The number of hydrogen-bond acceptors (Lipinski definition) is 5. The van der Waals surface area contributed by atoms with Gasteiger partial charge < -0.3 is 24.3 Å². The molecule has 0 atom stereocenters. The first-order chi connectivity index (χ1) is 12.1. The minimum absolute atomic E-state index is 0.0409. The lowest BCUT2D eigenvalue weighted by atomic mass is 10.1. The molecule has 1 amide bonds. The van der Waals surface area contributed by atoms with Gasteiger partial charge in [-0.3, -0.25) is 4.79 Å². The number of aryl methyl sites for hydroxylation is 1. The molecule has 0 aliphatic rings. The van der Waals surface area contributed by atoms with Crippen molar-refractivity contribution in [3.05, 3.63) is 23.8 Å². The van der Waals surface area contributed by atoms with Crippen LogP contribution < -0.4 is 14.8 Å². The molecule has 25 heavy (non-hydrogen) atoms. The summed E-state index contributed by atoms with van der Waals surface area (Å²) in [6, 6.07) is 5.71. The summed E-state index contributed by atoms with van der Waals surface area (Å²) in [5.74, 6) is 1.41. The van der Waals surface area contributed by atoms with Crippen LogP contribution in [0.2, 0.25) is 0 Å². The van der Waals surface area contributed by atoms with Gasteiger partial charge in [-0.25, -0.2) is 0 Å². The topological polar surface area (TPSA) is 66.0 Å². The van der Waals surface area contributed by atoms with Crippen LogP contribution in [-0.2, 0) is 20.7 Å². The normalized spacial score (nSPS) is 10.8. The van der Waals surface area contributed by atoms with E-state index in [9.17, 15) is 4.79 Å². The molecular formula is C19H31NO5. The summed E-state index contributed by atoms with van der Waals surface area (Å²) in [5, 5.41) is 2.94. The fourth-order valence-corrected chi connectivity index (χ4v) is 2.47. The Morgan fingerprint density at radius 3 is 2.36 bits per heavy atom. The maximum atomic E-state index is 12.0. The maximum Gasteiger partial charge on any atom is 0.220 e. The van der Waals surface area contributed by atoms with Crippen molar-refractivity contribution in [1.29, 1.82) is 0 Å². The molecule has 0 radical (unpaired) electrons. The van der Waals surface area contributed by atoms with E-state index in [0.717, 1.165) is 18.4 Å². The quantitative estimate of drug-likeness (QED) is 0.436. The summed E-state index contributed by atoms with van der Waals surface area (Å²) in [6.07, 6.45) is 2.52. The highest BCUT2D eigenvalue weighted by Gasteiger charge is 2.09. The second-order valence-electron chi connectivity index (χ2n) is 5.52. The first-order valence-electron chi connectivity index (χ1n) is 8.85. The van der Waals surface area contributed by atoms with Gasteiger partial charge in [-0.1, -0.05) is 6.07 Å². The number of nitrogens with one attached hydrogen (secondary N) is 1. The molecular weight excluding hydrogens is 322 g/mol. The molecule has 0 saturated heterocycles. The van der Waals surface area contributed by atoms with Crippen LogP contribution in [0.15, 0.2) is 18.2 Å². The zero-order valence-electron chi connectivity index (χ0n) is 15.8. The molecule has 1 N–H and O–H groups in total. The van der Waals surface area contributed by atoms with Crippen molar-refractivity contribution >= 4 is 5.91 Å². The molecule has 0 spiro atoms. The van der Waals surface area contributed by atoms with Gasteiger partial charge in [-0.05, 0) is 44.4 Å². The molecule has 0 heterocycles. The molecule has 1 rings (SSSR count). The Labute approximate surface area is 150 Å². The summed E-state index contributed by atoms with van der Waals surface area (Å²) in [7, 11) is 3.21. The van der Waals surface area contributed by atoms with Crippen LogP contribution in [0, 0.1) is 0 Å². The van der Waals surface area contributed by atoms with E-state index in [2.05, 4.69) is 5.32 Å². The molecule has 6 nitrogen and oxygen atoms in total. The number of methoxy groups -OCH3 is 2. The van der Waals surface area contributed by atoms with Gasteiger partial charge in [0, 0.05) is 32.6 Å². The molecule has 0 fully saturated rings. The molecule has 1 aromatic carbocycles. The van der Waals surface area contributed by atoms with Gasteiger partial charge >= 0.3 is 0 Å². The van der Waals surface area contributed by atoms with Gasteiger partial charge in [0.15, 0.2) is 17.8 Å². The average molecular weight is 353 g/mol. The average Bonchev–Trinajstić information content (AvgIpc) is 2.63. The van der Waals surface area contributed by atoms with E-state index < -0.39 is 0 Å². The first kappa shape index (κ1) is 21.3. The van der Waals surface area contributed by atoms with Crippen LogP contribution in [0.25, 0.3) is 0 Å². The number of amides is 1. The molecule has 142 valence electrons. The summed E-state index contributed by atoms with van der Waals surface area (Å²) in [5.41, 5.74) is 1.04. The number of carbonyl (C=O) groups is 1. The Bertz CT molecular complexity index is 501. The number of rotatable bonds is 13. The van der Waals surface area contributed by atoms with Crippen molar-refractivity contribution in [3.63, 3.8) is 0 Å². The van der Waals surface area contributed by atoms with Crippen molar-refractivity contribution in [2.24, 2.45) is 0 Å². The van der Waals surface area contributed by atoms with Crippen LogP contribution in [0.5, 0.6) is 11.5 Å². The Morgan fingerprint density at radius 1 is 1.08 bits per heavy atom. The van der Waals surface area contributed by atoms with Crippen molar-refractivity contribution < 1.29 is 23.7 Å². The molecule has 6 heteroatoms. The van der Waals surface area contributed by atoms with E-state index in [4.69, 9.17) is 18.9 Å². The van der Waals surface area contributed by atoms with Gasteiger partial charge in [-0.15, -0.1) is 0 Å². The highest BCUT2D eigenvalue weighted by atomic mass is 16.7. The third kappa shape index (κ3) is 8.23. The van der Waals surface area contributed by atoms with Crippen molar-refractivity contribution in [2.75, 3.05) is 34.0 Å². The van der Waals surface area contributed by atoms with Crippen LogP contribution in [-0.4, -0.2) is 46.2 Å². The molecule has 0 saturated carbocycles. The predicted molar refractivity (Wildman–Crippen MR) is 97.2 cm³/mol. The van der Waals surface area contributed by atoms with Gasteiger partial charge in [0.05, 0.1) is 14.2 Å². The zero-order valence-corrected chi connectivity index (χ0v) is 15.8. The molecule has 1 aromatic rings. The van der Waals surface area contributed by atoms with Crippen molar-refractivity contribution in [1.82, 2.24) is 5.32 Å². The van der Waals surface area contributed by atoms with E-state index in [1.54, 1.807) is 14.2 Å². The summed E-state index contributed by atoms with van der Waals surface area (Å²) < 4.78 is 21.4. The second-order valence-corrected chi connectivity index (χ2v) is 5.52. The summed E-state index contributed by atoms with van der Waals surface area (Å²) >= 11 is 0. The monoisotopic (exact) mass is 353 g/mol. The van der Waals surface area contributed by atoms with Crippen LogP contribution >= 0.6 is 0 Å². The van der Waals surface area contributed by atoms with E-state index in [0.29, 0.717) is 44.1 Å². The van der Waals surface area contributed by atoms with Gasteiger partial charge in [0.1, 0.15) is 0 Å². The minimum atomic E-state index is -0.182. The lowest BCUT2D eigenvalue weighted by molar-refractivity contribution is -0.140. The van der Waals surface area contributed by atoms with Gasteiger partial charge in [-0.2, -0.15) is 0 Å². The van der Waals surface area contributed by atoms with E-state index in [-0.39, 0.29) is 12.2 Å². The molecule has 0 aliphatic heterocycles. The lowest BCUT2D eigenvalue weighted by Crippen LogP contribution is -2.26. The Balaban J connectivity index is 2.28. The Hall–Kier alpha value is -1.79. The van der Waals surface area contributed by atoms with Crippen molar-refractivity contribution in [3.8, 4) is 11.5 Å². The second kappa shape index (κ2) is 12.6. The SMILES string of the molecule is CCOC(CCCNC(=O)CCc1ccc(OC)c(OC)c1)OCC. The number of carbonyl (C=O) groups excluding carboxylic acids is 1. The van der Waals surface area contributed by atoms with E-state index >= 15 is 0 Å². The standard InChI is InChI=1S/C19H31NO5/c1-5-24-19(25-6-2)8-7-13-20-18(21)12-10-15-9-11-16(22-3)17(14-15)23-4/h9,11,14,19H,5-8,10,12-13H2,1-4H3,(H,20,21). The molecule has 0 aromatic heterocycles. The summed E-state index contributed by atoms with van der Waals surface area (Å²) in [4.78, 5) is 12.0. The van der Waals surface area contributed by atoms with E-state index in [1.165, 1.54) is 0 Å². The third-order valence-electron chi connectivity index (χ3n) is 3.73. The third-order valence-corrected chi connectivity index (χ3v) is 3.73. The van der Waals surface area contributed by atoms with Crippen LogP contribution in [0.4, 0.5) is 0 Å². The van der Waals surface area contributed by atoms with Crippen molar-refractivity contribution in [2.45, 2.75) is 45.8 Å². The molecule has 0 unspecified atom stereocenters. The number of hydrogen-bond donors (Lipinski definition) is 1. The maximum absolute atomic E-state index is 12.0. The Morgan fingerprint density at radius 2 is 1.76 bits per heavy atom. The van der Waals surface area contributed by atoms with Crippen LogP contribution in [0.3, 0.4) is 0 Å². The number of ether oxygens (including phenoxy) is 4. The molecule has 0 bridgehead atoms. The van der Waals surface area contributed by atoms with Gasteiger partial charge in [0.25, 0.3) is 0 Å². The lowest BCUT2D eigenvalue weighted by Gasteiger charge is -2.16. The fraction of sp³-hybridized carbons (Fsp3) is 0.632. The van der Waals surface area contributed by atoms with E-state index in [1.807, 2.05) is 32.0 Å². The highest BCUT2D eigenvalue weighted by Crippen LogP contribution is 2.27. The summed E-state index contributed by atoms with van der Waals surface area (Å²) in [6.45, 7) is 5.77. The highest BCUT2D eigenvalue weighted by molar-refractivity contribution is 5.76. The zero-order chi connectivity index (χ0) is 18.5. The van der Waals surface area contributed by atoms with Gasteiger partial charge in [0.2, 0.25) is 5.91 Å². The Kier molecular flexibility index (Phi) is 10.7. The first-order valence-corrected chi connectivity index (χ1v) is 8.85. The predicted octanol–water partition coefficient (Wildman–Crippen LogP) is 2.93. The van der Waals surface area contributed by atoms with Crippen LogP contribution in [0.1, 0.15) is 38.7 Å². The smallest absolute Gasteiger partial charge is 0.220 e. The molecule has 0 aliphatic carbocycles.